The first-order valence-corrected chi connectivity index (χ1v) is 5.19. The predicted octanol–water partition coefficient (Wildman–Crippen LogP) is 1.57. The Labute approximate surface area is 106 Å². The Bertz CT molecular complexity index is 631. The topological polar surface area (TPSA) is 92.2 Å². The van der Waals surface area contributed by atoms with Gasteiger partial charge in [-0.3, -0.25) is 9.78 Å². The summed E-state index contributed by atoms with van der Waals surface area (Å²) in [5.41, 5.74) is -0.731. The van der Waals surface area contributed by atoms with Crippen LogP contribution >= 0.6 is 0 Å². The molecule has 2 rings (SSSR count). The fraction of sp³-hybridized carbons (Fsp3) is 0. The Hall–Kier alpha value is -2.83. The largest absolute Gasteiger partial charge is 0.478 e. The number of carbonyl (C=O) groups is 2. The molecule has 0 spiro atoms. The van der Waals surface area contributed by atoms with Crippen LogP contribution in [0.25, 0.3) is 0 Å². The Kier molecular flexibility index (Phi) is 3.46. The van der Waals surface area contributed by atoms with Crippen LogP contribution in [-0.4, -0.2) is 27.0 Å². The van der Waals surface area contributed by atoms with Crippen molar-refractivity contribution in [1.29, 1.82) is 0 Å². The van der Waals surface area contributed by atoms with E-state index in [1.54, 1.807) is 0 Å². The minimum Gasteiger partial charge on any atom is -0.478 e. The molecule has 7 heteroatoms. The van der Waals surface area contributed by atoms with Crippen LogP contribution in [0.5, 0.6) is 0 Å². The van der Waals surface area contributed by atoms with E-state index >= 15 is 0 Å². The van der Waals surface area contributed by atoms with Gasteiger partial charge in [-0.15, -0.1) is 0 Å². The number of carboxylic acid groups (broad SMARTS) is 1. The molecular weight excluding hydrogens is 253 g/mol. The summed E-state index contributed by atoms with van der Waals surface area (Å²) in [6.45, 7) is 0. The average Bonchev–Trinajstić information content (AvgIpc) is 2.39. The molecule has 96 valence electrons. The molecule has 19 heavy (non-hydrogen) atoms. The van der Waals surface area contributed by atoms with Crippen molar-refractivity contribution in [3.63, 3.8) is 0 Å². The SMILES string of the molecule is O=C(Nc1cccc(F)c1C(=O)O)c1cnccn1. The minimum absolute atomic E-state index is 0.00287. The number of anilines is 1. The van der Waals surface area contributed by atoms with Crippen molar-refractivity contribution in [2.24, 2.45) is 0 Å². The van der Waals surface area contributed by atoms with Crippen molar-refractivity contribution >= 4 is 17.6 Å². The highest BCUT2D eigenvalue weighted by Crippen LogP contribution is 2.19. The van der Waals surface area contributed by atoms with E-state index < -0.39 is 23.3 Å². The maximum Gasteiger partial charge on any atom is 0.340 e. The van der Waals surface area contributed by atoms with Crippen molar-refractivity contribution in [2.75, 3.05) is 5.32 Å². The standard InChI is InChI=1S/C12H8FN3O3/c13-7-2-1-3-8(10(7)12(18)19)16-11(17)9-6-14-4-5-15-9/h1-6H,(H,16,17)(H,18,19). The van der Waals surface area contributed by atoms with Crippen molar-refractivity contribution in [3.8, 4) is 0 Å². The summed E-state index contributed by atoms with van der Waals surface area (Å²) in [5.74, 6) is -3.06. The molecule has 0 atom stereocenters. The summed E-state index contributed by atoms with van der Waals surface area (Å²) in [6.07, 6.45) is 3.93. The number of aromatic carboxylic acids is 1. The van der Waals surface area contributed by atoms with Crippen LogP contribution in [0.3, 0.4) is 0 Å². The Balaban J connectivity index is 2.32. The third kappa shape index (κ3) is 2.71. The number of aromatic nitrogens is 2. The molecule has 0 aliphatic carbocycles. The quantitative estimate of drug-likeness (QED) is 0.874. The summed E-state index contributed by atoms with van der Waals surface area (Å²) in [6, 6.07) is 3.59. The van der Waals surface area contributed by atoms with E-state index in [1.807, 2.05) is 0 Å². The molecule has 1 heterocycles. The smallest absolute Gasteiger partial charge is 0.340 e. The molecule has 1 amide bonds. The molecule has 0 saturated heterocycles. The van der Waals surface area contributed by atoms with E-state index in [-0.39, 0.29) is 11.4 Å². The molecule has 0 saturated carbocycles. The number of rotatable bonds is 3. The van der Waals surface area contributed by atoms with E-state index in [0.29, 0.717) is 0 Å². The Morgan fingerprint density at radius 1 is 1.26 bits per heavy atom. The van der Waals surface area contributed by atoms with Gasteiger partial charge in [0.05, 0.1) is 11.9 Å². The third-order valence-electron chi connectivity index (χ3n) is 2.27. The van der Waals surface area contributed by atoms with Gasteiger partial charge in [0.2, 0.25) is 0 Å². The first-order chi connectivity index (χ1) is 9.09. The molecule has 0 radical (unpaired) electrons. The fourth-order valence-corrected chi connectivity index (χ4v) is 1.45. The zero-order valence-corrected chi connectivity index (χ0v) is 9.50. The maximum absolute atomic E-state index is 13.4. The lowest BCUT2D eigenvalue weighted by Crippen LogP contribution is -2.17. The van der Waals surface area contributed by atoms with E-state index in [4.69, 9.17) is 5.11 Å². The van der Waals surface area contributed by atoms with Crippen LogP contribution in [0.4, 0.5) is 10.1 Å². The summed E-state index contributed by atoms with van der Waals surface area (Å²) in [5, 5.41) is 11.2. The second kappa shape index (κ2) is 5.21. The number of carboxylic acids is 1. The molecule has 0 fully saturated rings. The molecular formula is C12H8FN3O3. The number of nitrogens with zero attached hydrogens (tertiary/aromatic N) is 2. The molecule has 1 aromatic carbocycles. The molecule has 1 aromatic heterocycles. The fourth-order valence-electron chi connectivity index (χ4n) is 1.45. The van der Waals surface area contributed by atoms with Gasteiger partial charge in [-0.1, -0.05) is 6.07 Å². The maximum atomic E-state index is 13.4. The lowest BCUT2D eigenvalue weighted by Gasteiger charge is -2.08. The van der Waals surface area contributed by atoms with Crippen LogP contribution in [0.2, 0.25) is 0 Å². The van der Waals surface area contributed by atoms with E-state index in [9.17, 15) is 14.0 Å². The van der Waals surface area contributed by atoms with Gasteiger partial charge in [-0.25, -0.2) is 14.2 Å². The van der Waals surface area contributed by atoms with Gasteiger partial charge < -0.3 is 10.4 Å². The zero-order valence-electron chi connectivity index (χ0n) is 9.50. The van der Waals surface area contributed by atoms with Gasteiger partial charge in [-0.2, -0.15) is 0 Å². The molecule has 0 aliphatic heterocycles. The van der Waals surface area contributed by atoms with Crippen LogP contribution in [0, 0.1) is 5.82 Å². The summed E-state index contributed by atoms with van der Waals surface area (Å²) < 4.78 is 13.4. The van der Waals surface area contributed by atoms with Crippen LogP contribution in [0.1, 0.15) is 20.8 Å². The van der Waals surface area contributed by atoms with Crippen molar-refractivity contribution < 1.29 is 19.1 Å². The van der Waals surface area contributed by atoms with Crippen molar-refractivity contribution in [3.05, 3.63) is 53.9 Å². The predicted molar refractivity (Wildman–Crippen MR) is 63.3 cm³/mol. The number of hydrogen-bond donors (Lipinski definition) is 2. The number of amides is 1. The van der Waals surface area contributed by atoms with Gasteiger partial charge in [-0.05, 0) is 12.1 Å². The lowest BCUT2D eigenvalue weighted by atomic mass is 10.1. The zero-order chi connectivity index (χ0) is 13.8. The number of carbonyl (C=O) groups excluding carboxylic acids is 1. The van der Waals surface area contributed by atoms with Gasteiger partial charge in [0.1, 0.15) is 17.1 Å². The van der Waals surface area contributed by atoms with E-state index in [0.717, 1.165) is 6.07 Å². The average molecular weight is 261 g/mol. The molecule has 0 unspecified atom stereocenters. The summed E-state index contributed by atoms with van der Waals surface area (Å²) in [7, 11) is 0. The Morgan fingerprint density at radius 3 is 2.68 bits per heavy atom. The molecule has 2 N–H and O–H groups in total. The first kappa shape index (κ1) is 12.6. The number of benzene rings is 1. The first-order valence-electron chi connectivity index (χ1n) is 5.19. The van der Waals surface area contributed by atoms with Gasteiger partial charge in [0.15, 0.2) is 0 Å². The van der Waals surface area contributed by atoms with Crippen LogP contribution < -0.4 is 5.32 Å². The monoisotopic (exact) mass is 261 g/mol. The van der Waals surface area contributed by atoms with Gasteiger partial charge in [0, 0.05) is 12.4 Å². The van der Waals surface area contributed by atoms with Crippen molar-refractivity contribution in [2.45, 2.75) is 0 Å². The second-order valence-electron chi connectivity index (χ2n) is 3.51. The summed E-state index contributed by atoms with van der Waals surface area (Å²) >= 11 is 0. The highest BCUT2D eigenvalue weighted by Gasteiger charge is 2.18. The number of halogens is 1. The van der Waals surface area contributed by atoms with E-state index in [2.05, 4.69) is 15.3 Å². The van der Waals surface area contributed by atoms with Crippen LogP contribution in [-0.2, 0) is 0 Å². The third-order valence-corrected chi connectivity index (χ3v) is 2.27. The second-order valence-corrected chi connectivity index (χ2v) is 3.51. The van der Waals surface area contributed by atoms with Gasteiger partial charge >= 0.3 is 5.97 Å². The molecule has 0 aliphatic rings. The highest BCUT2D eigenvalue weighted by atomic mass is 19.1. The Morgan fingerprint density at radius 2 is 2.05 bits per heavy atom. The normalized spacial score (nSPS) is 9.95. The van der Waals surface area contributed by atoms with Crippen molar-refractivity contribution in [1.82, 2.24) is 9.97 Å². The summed E-state index contributed by atoms with van der Waals surface area (Å²) in [4.78, 5) is 30.2. The van der Waals surface area contributed by atoms with E-state index in [1.165, 1.54) is 30.7 Å². The number of nitrogens with one attached hydrogen (secondary N) is 1. The highest BCUT2D eigenvalue weighted by molar-refractivity contribution is 6.06. The minimum atomic E-state index is -1.47. The molecule has 2 aromatic rings. The lowest BCUT2D eigenvalue weighted by molar-refractivity contribution is 0.0693. The molecule has 0 bridgehead atoms. The molecule has 6 nitrogen and oxygen atoms in total. The number of hydrogen-bond acceptors (Lipinski definition) is 4. The van der Waals surface area contributed by atoms with Crippen LogP contribution in [0.15, 0.2) is 36.8 Å². The van der Waals surface area contributed by atoms with Gasteiger partial charge in [0.25, 0.3) is 5.91 Å².